The molecule has 5 rings (SSSR count). The summed E-state index contributed by atoms with van der Waals surface area (Å²) in [5, 5.41) is 25.8. The van der Waals surface area contributed by atoms with E-state index in [1.807, 2.05) is 126 Å². The monoisotopic (exact) mass is 640 g/mol. The van der Waals surface area contributed by atoms with Crippen molar-refractivity contribution >= 4 is 45.5 Å². The number of methoxy groups -OCH3 is 2. The predicted molar refractivity (Wildman–Crippen MR) is 196 cm³/mol. The molecule has 0 saturated carbocycles. The van der Waals surface area contributed by atoms with Gasteiger partial charge >= 0.3 is 0 Å². The maximum absolute atomic E-state index is 5.36. The highest BCUT2D eigenvalue weighted by atomic mass is 16.5. The summed E-state index contributed by atoms with van der Waals surface area (Å²) in [4.78, 5) is 10.1. The first-order chi connectivity index (χ1) is 23.2. The molecule has 0 aliphatic carbocycles. The fourth-order valence-corrected chi connectivity index (χ4v) is 5.12. The van der Waals surface area contributed by atoms with Crippen LogP contribution in [0.25, 0.3) is 0 Å². The number of anilines is 2. The molecule has 0 aromatic heterocycles. The minimum atomic E-state index is 0.601. The highest BCUT2D eigenvalue weighted by Crippen LogP contribution is 2.33. The van der Waals surface area contributed by atoms with Crippen LogP contribution in [0.1, 0.15) is 38.8 Å². The van der Waals surface area contributed by atoms with Gasteiger partial charge in [0.05, 0.1) is 59.8 Å². The average molecular weight is 641 g/mol. The van der Waals surface area contributed by atoms with E-state index in [-0.39, 0.29) is 0 Å². The normalized spacial score (nSPS) is 17.1. The van der Waals surface area contributed by atoms with Gasteiger partial charge in [0.1, 0.15) is 22.9 Å². The van der Waals surface area contributed by atoms with Crippen LogP contribution in [0.5, 0.6) is 11.5 Å². The van der Waals surface area contributed by atoms with E-state index in [1.54, 1.807) is 14.2 Å². The molecule has 2 N–H and O–H groups in total. The molecule has 0 fully saturated rings. The minimum absolute atomic E-state index is 0.601. The number of allylic oxidation sites excluding steroid dienone is 4. The Morgan fingerprint density at radius 2 is 0.896 bits per heavy atom. The van der Waals surface area contributed by atoms with E-state index < -0.39 is 0 Å². The number of azo groups is 2. The van der Waals surface area contributed by atoms with Gasteiger partial charge in [0.15, 0.2) is 0 Å². The number of hydrogen-bond acceptors (Lipinski definition) is 10. The summed E-state index contributed by atoms with van der Waals surface area (Å²) in [6, 6.07) is 27.1. The number of aliphatic imine (C=N–C) groups is 2. The lowest BCUT2D eigenvalue weighted by molar-refractivity contribution is 0.414. The summed E-state index contributed by atoms with van der Waals surface area (Å²) in [6.07, 6.45) is 0. The summed E-state index contributed by atoms with van der Waals surface area (Å²) < 4.78 is 10.7. The second kappa shape index (κ2) is 15.1. The van der Waals surface area contributed by atoms with Gasteiger partial charge in [-0.05, 0) is 113 Å². The van der Waals surface area contributed by atoms with Gasteiger partial charge in [-0.3, -0.25) is 0 Å². The Kier molecular flexibility index (Phi) is 10.5. The van der Waals surface area contributed by atoms with Gasteiger partial charge in [-0.15, -0.1) is 10.2 Å². The molecule has 0 saturated heterocycles. The molecule has 0 amide bonds. The molecule has 0 spiro atoms. The highest BCUT2D eigenvalue weighted by molar-refractivity contribution is 6.03. The Morgan fingerprint density at radius 1 is 0.500 bits per heavy atom. The largest absolute Gasteiger partial charge is 0.497 e. The van der Waals surface area contributed by atoms with E-state index in [4.69, 9.17) is 29.7 Å². The Bertz CT molecular complexity index is 1880. The molecular formula is C38H40N8O2. The lowest BCUT2D eigenvalue weighted by Gasteiger charge is -2.16. The molecule has 4 aromatic carbocycles. The van der Waals surface area contributed by atoms with Crippen molar-refractivity contribution < 1.29 is 9.47 Å². The number of hydrogen-bond donors (Lipinski definition) is 2. The number of nitrogens with one attached hydrogen (secondary N) is 2. The summed E-state index contributed by atoms with van der Waals surface area (Å²) >= 11 is 0. The van der Waals surface area contributed by atoms with E-state index in [1.165, 1.54) is 0 Å². The Morgan fingerprint density at radius 3 is 1.27 bits per heavy atom. The molecule has 0 bridgehead atoms. The van der Waals surface area contributed by atoms with Crippen molar-refractivity contribution in [2.45, 2.75) is 41.5 Å². The third kappa shape index (κ3) is 7.90. The van der Waals surface area contributed by atoms with Gasteiger partial charge < -0.3 is 20.1 Å². The van der Waals surface area contributed by atoms with Crippen LogP contribution in [0.4, 0.5) is 34.1 Å². The van der Waals surface area contributed by atoms with Crippen LogP contribution in [0.2, 0.25) is 0 Å². The number of benzene rings is 4. The average Bonchev–Trinajstić information content (AvgIpc) is 3.07. The van der Waals surface area contributed by atoms with Crippen molar-refractivity contribution in [2.24, 2.45) is 30.4 Å². The van der Waals surface area contributed by atoms with Crippen LogP contribution >= 0.6 is 0 Å². The van der Waals surface area contributed by atoms with Crippen molar-refractivity contribution in [3.05, 3.63) is 119 Å². The third-order valence-electron chi connectivity index (χ3n) is 7.75. The fraction of sp³-hybridized carbons (Fsp3) is 0.211. The topological polar surface area (TPSA) is 117 Å². The zero-order chi connectivity index (χ0) is 34.2. The second-order valence-corrected chi connectivity index (χ2v) is 11.3. The minimum Gasteiger partial charge on any atom is -0.497 e. The van der Waals surface area contributed by atoms with Crippen molar-refractivity contribution in [1.82, 2.24) is 0 Å². The summed E-state index contributed by atoms with van der Waals surface area (Å²) in [5.74, 6) is 1.53. The summed E-state index contributed by atoms with van der Waals surface area (Å²) in [5.41, 5.74) is 10.5. The standard InChI is InChI=1S/C38H40N8O2/c1-23-21-29(47-7)17-19-31(23)43-45-37-25(3)39-33-13-9-11-15-35(33)41-27(5)38(46-44-32-20-18-30(48-8)22-24(32)2)28(6)42-36-16-12-10-14-34(36)40-26(37)4/h9-22,39,42H,1-8H3/b37-25-,38-28-,40-26?,41-27?,45-43?,46-44?. The molecule has 0 unspecified atom stereocenters. The van der Waals surface area contributed by atoms with E-state index >= 15 is 0 Å². The van der Waals surface area contributed by atoms with Crippen LogP contribution in [0.3, 0.4) is 0 Å². The first kappa shape index (κ1) is 33.5. The lowest BCUT2D eigenvalue weighted by atomic mass is 10.2. The molecule has 48 heavy (non-hydrogen) atoms. The van der Waals surface area contributed by atoms with Gasteiger partial charge in [0, 0.05) is 11.4 Å². The Hall–Kier alpha value is -5.90. The van der Waals surface area contributed by atoms with Crippen molar-refractivity contribution in [3.63, 3.8) is 0 Å². The molecule has 244 valence electrons. The summed E-state index contributed by atoms with van der Waals surface area (Å²) in [6.45, 7) is 11.7. The quantitative estimate of drug-likeness (QED) is 0.204. The predicted octanol–water partition coefficient (Wildman–Crippen LogP) is 11.1. The zero-order valence-electron chi connectivity index (χ0n) is 28.6. The van der Waals surface area contributed by atoms with Gasteiger partial charge in [0.2, 0.25) is 0 Å². The number of nitrogens with zero attached hydrogens (tertiary/aromatic N) is 6. The lowest BCUT2D eigenvalue weighted by Crippen LogP contribution is -2.08. The number of rotatable bonds is 6. The van der Waals surface area contributed by atoms with Crippen molar-refractivity contribution in [1.29, 1.82) is 0 Å². The van der Waals surface area contributed by atoms with Crippen LogP contribution in [-0.2, 0) is 0 Å². The van der Waals surface area contributed by atoms with E-state index in [0.29, 0.717) is 22.8 Å². The van der Waals surface area contributed by atoms with E-state index in [9.17, 15) is 0 Å². The number of fused-ring (bicyclic) bond motifs is 2. The molecule has 0 atom stereocenters. The first-order valence-corrected chi connectivity index (χ1v) is 15.5. The number of ether oxygens (including phenoxy) is 2. The van der Waals surface area contributed by atoms with Gasteiger partial charge in [0.25, 0.3) is 0 Å². The maximum atomic E-state index is 5.36. The Labute approximate surface area is 281 Å². The Balaban J connectivity index is 1.65. The van der Waals surface area contributed by atoms with Crippen LogP contribution in [0, 0.1) is 13.8 Å². The summed E-state index contributed by atoms with van der Waals surface area (Å²) in [7, 11) is 3.29. The van der Waals surface area contributed by atoms with Crippen molar-refractivity contribution in [2.75, 3.05) is 24.9 Å². The van der Waals surface area contributed by atoms with Crippen LogP contribution in [-0.4, -0.2) is 25.6 Å². The molecule has 10 heteroatoms. The molecular weight excluding hydrogens is 600 g/mol. The van der Waals surface area contributed by atoms with E-state index in [2.05, 4.69) is 20.9 Å². The maximum Gasteiger partial charge on any atom is 0.126 e. The number of aryl methyl sites for hydroxylation is 2. The number of para-hydroxylation sites is 4. The second-order valence-electron chi connectivity index (χ2n) is 11.3. The smallest absolute Gasteiger partial charge is 0.126 e. The first-order valence-electron chi connectivity index (χ1n) is 15.5. The molecule has 1 aliphatic rings. The van der Waals surface area contributed by atoms with Crippen molar-refractivity contribution in [3.8, 4) is 11.5 Å². The molecule has 0 radical (unpaired) electrons. The van der Waals surface area contributed by atoms with Crippen LogP contribution in [0.15, 0.2) is 138 Å². The SMILES string of the molecule is COc1ccc(N=N/C2=C(/C)Nc3ccccc3N=C(C)/C(N=Nc3ccc(OC)cc3C)=C(\C)Nc3ccccc3N=C2C)c(C)c1. The van der Waals surface area contributed by atoms with E-state index in [0.717, 1.165) is 68.1 Å². The third-order valence-corrected chi connectivity index (χ3v) is 7.75. The highest BCUT2D eigenvalue weighted by Gasteiger charge is 2.15. The zero-order valence-corrected chi connectivity index (χ0v) is 28.6. The molecule has 4 aromatic rings. The fourth-order valence-electron chi connectivity index (χ4n) is 5.12. The molecule has 1 heterocycles. The molecule has 10 nitrogen and oxygen atoms in total. The van der Waals surface area contributed by atoms with Gasteiger partial charge in [-0.2, -0.15) is 10.2 Å². The van der Waals surface area contributed by atoms with Crippen LogP contribution < -0.4 is 20.1 Å². The molecule has 1 aliphatic heterocycles. The van der Waals surface area contributed by atoms with Gasteiger partial charge in [-0.25, -0.2) is 9.98 Å². The van der Waals surface area contributed by atoms with Gasteiger partial charge in [-0.1, -0.05) is 24.3 Å².